The molecule has 0 aromatic carbocycles. The molecule has 2 heteroatoms. The topological polar surface area (TPSA) is 32.3 Å². The van der Waals surface area contributed by atoms with E-state index < -0.39 is 5.60 Å². The third-order valence-electron chi connectivity index (χ3n) is 2.10. The second-order valence-corrected chi connectivity index (χ2v) is 3.36. The second-order valence-electron chi connectivity index (χ2n) is 3.36. The lowest BCUT2D eigenvalue weighted by Gasteiger charge is -2.23. The number of nitrogens with one attached hydrogen (secondary N) is 1. The van der Waals surface area contributed by atoms with Crippen molar-refractivity contribution in [3.63, 3.8) is 0 Å². The van der Waals surface area contributed by atoms with Crippen molar-refractivity contribution in [2.45, 2.75) is 45.3 Å². The van der Waals surface area contributed by atoms with E-state index in [9.17, 15) is 5.11 Å². The summed E-state index contributed by atoms with van der Waals surface area (Å²) in [6, 6.07) is 0.0861. The van der Waals surface area contributed by atoms with Crippen molar-refractivity contribution >= 4 is 0 Å². The molecule has 2 atom stereocenters. The maximum Gasteiger partial charge on any atom is 0.0741 e. The molecule has 0 bridgehead atoms. The number of terminal acetylenes is 1. The highest BCUT2D eigenvalue weighted by Crippen LogP contribution is 2.06. The fourth-order valence-corrected chi connectivity index (χ4v) is 0.789. The van der Waals surface area contributed by atoms with Gasteiger partial charge >= 0.3 is 0 Å². The van der Waals surface area contributed by atoms with Crippen LogP contribution in [0.4, 0.5) is 0 Å². The van der Waals surface area contributed by atoms with Crippen LogP contribution in [-0.4, -0.2) is 23.3 Å². The average molecular weight is 169 g/mol. The SMILES string of the molecule is C#CC(CC)NCC(C)(O)CC. The molecule has 0 saturated carbocycles. The molecule has 0 heterocycles. The van der Waals surface area contributed by atoms with E-state index in [1.165, 1.54) is 0 Å². The second kappa shape index (κ2) is 5.18. The highest BCUT2D eigenvalue weighted by molar-refractivity contribution is 4.98. The summed E-state index contributed by atoms with van der Waals surface area (Å²) < 4.78 is 0. The van der Waals surface area contributed by atoms with Crippen molar-refractivity contribution < 1.29 is 5.11 Å². The van der Waals surface area contributed by atoms with Gasteiger partial charge in [-0.05, 0) is 19.8 Å². The molecule has 0 radical (unpaired) electrons. The van der Waals surface area contributed by atoms with Gasteiger partial charge in [-0.15, -0.1) is 6.42 Å². The van der Waals surface area contributed by atoms with Crippen LogP contribution >= 0.6 is 0 Å². The summed E-state index contributed by atoms with van der Waals surface area (Å²) in [5.41, 5.74) is -0.635. The Bertz CT molecular complexity index is 158. The molecule has 2 N–H and O–H groups in total. The van der Waals surface area contributed by atoms with Gasteiger partial charge in [0, 0.05) is 6.54 Å². The van der Waals surface area contributed by atoms with Crippen molar-refractivity contribution in [1.82, 2.24) is 5.32 Å². The first-order valence-electron chi connectivity index (χ1n) is 4.47. The van der Waals surface area contributed by atoms with Gasteiger partial charge in [-0.2, -0.15) is 0 Å². The van der Waals surface area contributed by atoms with Crippen LogP contribution in [0.25, 0.3) is 0 Å². The summed E-state index contributed by atoms with van der Waals surface area (Å²) >= 11 is 0. The Hall–Kier alpha value is -0.520. The molecular weight excluding hydrogens is 150 g/mol. The summed E-state index contributed by atoms with van der Waals surface area (Å²) in [6.45, 7) is 6.35. The maximum atomic E-state index is 9.63. The Kier molecular flexibility index (Phi) is 4.96. The molecule has 0 aliphatic heterocycles. The largest absolute Gasteiger partial charge is 0.389 e. The van der Waals surface area contributed by atoms with Crippen molar-refractivity contribution in [2.75, 3.05) is 6.54 Å². The number of hydrogen-bond donors (Lipinski definition) is 2. The summed E-state index contributed by atoms with van der Waals surface area (Å²) in [5, 5.41) is 12.8. The van der Waals surface area contributed by atoms with Crippen LogP contribution in [0.2, 0.25) is 0 Å². The predicted molar refractivity (Wildman–Crippen MR) is 51.8 cm³/mol. The quantitative estimate of drug-likeness (QED) is 0.605. The highest BCUT2D eigenvalue weighted by Gasteiger charge is 2.17. The molecule has 0 amide bonds. The smallest absolute Gasteiger partial charge is 0.0741 e. The lowest BCUT2D eigenvalue weighted by Crippen LogP contribution is -2.41. The van der Waals surface area contributed by atoms with Crippen molar-refractivity contribution in [3.05, 3.63) is 0 Å². The van der Waals surface area contributed by atoms with E-state index in [2.05, 4.69) is 11.2 Å². The van der Waals surface area contributed by atoms with Gasteiger partial charge in [0.05, 0.1) is 11.6 Å². The van der Waals surface area contributed by atoms with Gasteiger partial charge in [0.25, 0.3) is 0 Å². The average Bonchev–Trinajstić information content (AvgIpc) is 2.06. The van der Waals surface area contributed by atoms with Crippen LogP contribution in [-0.2, 0) is 0 Å². The highest BCUT2D eigenvalue weighted by atomic mass is 16.3. The van der Waals surface area contributed by atoms with E-state index in [1.54, 1.807) is 0 Å². The number of hydrogen-bond acceptors (Lipinski definition) is 2. The van der Waals surface area contributed by atoms with E-state index in [0.717, 1.165) is 12.8 Å². The van der Waals surface area contributed by atoms with Gasteiger partial charge < -0.3 is 10.4 Å². The fraction of sp³-hybridized carbons (Fsp3) is 0.800. The third-order valence-corrected chi connectivity index (χ3v) is 2.10. The van der Waals surface area contributed by atoms with Gasteiger partial charge in [0.2, 0.25) is 0 Å². The first-order chi connectivity index (χ1) is 5.55. The summed E-state index contributed by atoms with van der Waals surface area (Å²) in [6.07, 6.45) is 6.90. The van der Waals surface area contributed by atoms with Crippen molar-refractivity contribution in [2.24, 2.45) is 0 Å². The molecule has 0 rings (SSSR count). The maximum absolute atomic E-state index is 9.63. The van der Waals surface area contributed by atoms with Gasteiger partial charge in [0.1, 0.15) is 0 Å². The zero-order chi connectivity index (χ0) is 9.61. The number of aliphatic hydroxyl groups is 1. The molecular formula is C10H19NO. The normalized spacial score (nSPS) is 17.9. The minimum Gasteiger partial charge on any atom is -0.389 e. The summed E-state index contributed by atoms with van der Waals surface area (Å²) in [5.74, 6) is 2.63. The zero-order valence-electron chi connectivity index (χ0n) is 8.22. The Balaban J connectivity index is 3.75. The molecule has 0 aliphatic carbocycles. The molecule has 0 saturated heterocycles. The summed E-state index contributed by atoms with van der Waals surface area (Å²) in [7, 11) is 0. The van der Waals surface area contributed by atoms with E-state index in [0.29, 0.717) is 6.54 Å². The van der Waals surface area contributed by atoms with Crippen LogP contribution in [0.3, 0.4) is 0 Å². The van der Waals surface area contributed by atoms with E-state index in [4.69, 9.17) is 6.42 Å². The molecule has 0 spiro atoms. The molecule has 2 nitrogen and oxygen atoms in total. The predicted octanol–water partition coefficient (Wildman–Crippen LogP) is 1.15. The molecule has 12 heavy (non-hydrogen) atoms. The van der Waals surface area contributed by atoms with Gasteiger partial charge in [-0.1, -0.05) is 19.8 Å². The molecule has 70 valence electrons. The Morgan fingerprint density at radius 1 is 1.58 bits per heavy atom. The van der Waals surface area contributed by atoms with E-state index in [1.807, 2.05) is 20.8 Å². The first kappa shape index (κ1) is 11.5. The fourth-order valence-electron chi connectivity index (χ4n) is 0.789. The van der Waals surface area contributed by atoms with Crippen LogP contribution in [0.5, 0.6) is 0 Å². The lowest BCUT2D eigenvalue weighted by atomic mass is 10.0. The minimum absolute atomic E-state index is 0.0861. The van der Waals surface area contributed by atoms with Gasteiger partial charge in [0.15, 0.2) is 0 Å². The van der Waals surface area contributed by atoms with Crippen LogP contribution < -0.4 is 5.32 Å². The molecule has 2 unspecified atom stereocenters. The molecule has 0 aliphatic rings. The Labute approximate surface area is 75.4 Å². The zero-order valence-corrected chi connectivity index (χ0v) is 8.22. The standard InChI is InChI=1S/C10H19NO/c1-5-9(6-2)11-8-10(4,12)7-3/h1,9,11-12H,6-8H2,2-4H3. The molecule has 0 aromatic rings. The molecule has 0 fully saturated rings. The van der Waals surface area contributed by atoms with Gasteiger partial charge in [-0.3, -0.25) is 0 Å². The Morgan fingerprint density at radius 2 is 2.17 bits per heavy atom. The molecule has 0 aromatic heterocycles. The van der Waals surface area contributed by atoms with Gasteiger partial charge in [-0.25, -0.2) is 0 Å². The minimum atomic E-state index is -0.635. The third kappa shape index (κ3) is 4.38. The lowest BCUT2D eigenvalue weighted by molar-refractivity contribution is 0.0544. The number of rotatable bonds is 5. The van der Waals surface area contributed by atoms with Crippen LogP contribution in [0, 0.1) is 12.3 Å². The first-order valence-corrected chi connectivity index (χ1v) is 4.47. The van der Waals surface area contributed by atoms with Crippen LogP contribution in [0.15, 0.2) is 0 Å². The Morgan fingerprint density at radius 3 is 2.50 bits per heavy atom. The van der Waals surface area contributed by atoms with E-state index in [-0.39, 0.29) is 6.04 Å². The van der Waals surface area contributed by atoms with Crippen molar-refractivity contribution in [3.8, 4) is 12.3 Å². The monoisotopic (exact) mass is 169 g/mol. The van der Waals surface area contributed by atoms with Crippen molar-refractivity contribution in [1.29, 1.82) is 0 Å². The van der Waals surface area contributed by atoms with E-state index >= 15 is 0 Å². The summed E-state index contributed by atoms with van der Waals surface area (Å²) in [4.78, 5) is 0. The van der Waals surface area contributed by atoms with Crippen LogP contribution in [0.1, 0.15) is 33.6 Å².